The molecule has 0 aliphatic rings. The number of nitrogens with zero attached hydrogens (tertiary/aromatic N) is 1. The van der Waals surface area contributed by atoms with Gasteiger partial charge in [-0.25, -0.2) is 0 Å². The molecule has 0 atom stereocenters. The Kier molecular flexibility index (Phi) is 5.31. The van der Waals surface area contributed by atoms with Gasteiger partial charge in [0, 0.05) is 18.8 Å². The first-order valence-corrected chi connectivity index (χ1v) is 5.33. The zero-order chi connectivity index (χ0) is 12.9. The van der Waals surface area contributed by atoms with Crippen molar-refractivity contribution in [1.29, 1.82) is 5.41 Å². The SMILES string of the molecule is CC=C(C(C(=N)C=NC)=C(C)C)C(C)(C)O. The van der Waals surface area contributed by atoms with Gasteiger partial charge >= 0.3 is 0 Å². The van der Waals surface area contributed by atoms with Crippen LogP contribution in [0.4, 0.5) is 0 Å². The van der Waals surface area contributed by atoms with Crippen molar-refractivity contribution in [2.75, 3.05) is 7.05 Å². The number of nitrogens with one attached hydrogen (secondary N) is 1. The van der Waals surface area contributed by atoms with Crippen molar-refractivity contribution in [3.63, 3.8) is 0 Å². The molecule has 0 aliphatic carbocycles. The minimum absolute atomic E-state index is 0.331. The highest BCUT2D eigenvalue weighted by atomic mass is 16.3. The molecule has 3 nitrogen and oxygen atoms in total. The van der Waals surface area contributed by atoms with Crippen LogP contribution in [0.15, 0.2) is 27.8 Å². The predicted molar refractivity (Wildman–Crippen MR) is 70.6 cm³/mol. The van der Waals surface area contributed by atoms with Crippen LogP contribution in [-0.2, 0) is 0 Å². The number of hydrogen-bond donors (Lipinski definition) is 2. The van der Waals surface area contributed by atoms with Crippen LogP contribution >= 0.6 is 0 Å². The van der Waals surface area contributed by atoms with Gasteiger partial charge in [0.25, 0.3) is 0 Å². The molecule has 0 fully saturated rings. The molecule has 0 saturated heterocycles. The average molecular weight is 222 g/mol. The van der Waals surface area contributed by atoms with Gasteiger partial charge in [0.05, 0.1) is 11.3 Å². The van der Waals surface area contributed by atoms with Crippen molar-refractivity contribution in [3.05, 3.63) is 22.8 Å². The lowest BCUT2D eigenvalue weighted by molar-refractivity contribution is 0.122. The van der Waals surface area contributed by atoms with Crippen molar-refractivity contribution < 1.29 is 5.11 Å². The largest absolute Gasteiger partial charge is 0.386 e. The van der Waals surface area contributed by atoms with Gasteiger partial charge in [-0.1, -0.05) is 11.6 Å². The summed E-state index contributed by atoms with van der Waals surface area (Å²) in [6, 6.07) is 0. The fraction of sp³-hybridized carbons (Fsp3) is 0.538. The molecule has 0 aromatic rings. The summed E-state index contributed by atoms with van der Waals surface area (Å²) in [5.41, 5.74) is 1.91. The summed E-state index contributed by atoms with van der Waals surface area (Å²) in [6.07, 6.45) is 3.35. The van der Waals surface area contributed by atoms with Crippen LogP contribution in [0.1, 0.15) is 34.6 Å². The molecule has 0 heterocycles. The summed E-state index contributed by atoms with van der Waals surface area (Å²) in [7, 11) is 1.64. The van der Waals surface area contributed by atoms with Gasteiger partial charge < -0.3 is 5.11 Å². The smallest absolute Gasteiger partial charge is 0.0843 e. The van der Waals surface area contributed by atoms with Crippen LogP contribution in [0.5, 0.6) is 0 Å². The van der Waals surface area contributed by atoms with Crippen molar-refractivity contribution in [1.82, 2.24) is 0 Å². The third-order valence-corrected chi connectivity index (χ3v) is 2.24. The van der Waals surface area contributed by atoms with E-state index in [0.29, 0.717) is 5.71 Å². The van der Waals surface area contributed by atoms with Gasteiger partial charge in [-0.15, -0.1) is 0 Å². The van der Waals surface area contributed by atoms with Gasteiger partial charge in [0.1, 0.15) is 0 Å². The van der Waals surface area contributed by atoms with Gasteiger partial charge in [0.2, 0.25) is 0 Å². The molecule has 0 aromatic carbocycles. The molecule has 0 spiro atoms. The average Bonchev–Trinajstić information content (AvgIpc) is 2.11. The maximum Gasteiger partial charge on any atom is 0.0843 e. The maximum absolute atomic E-state index is 10.1. The molecule has 0 radical (unpaired) electrons. The molecule has 90 valence electrons. The Bertz CT molecular complexity index is 351. The van der Waals surface area contributed by atoms with Crippen LogP contribution in [0, 0.1) is 5.41 Å². The van der Waals surface area contributed by atoms with Crippen LogP contribution in [0.2, 0.25) is 0 Å². The van der Waals surface area contributed by atoms with Crippen molar-refractivity contribution >= 4 is 11.9 Å². The molecule has 3 heteroatoms. The van der Waals surface area contributed by atoms with E-state index < -0.39 is 5.60 Å². The minimum Gasteiger partial charge on any atom is -0.386 e. The first kappa shape index (κ1) is 14.8. The van der Waals surface area contributed by atoms with Crippen LogP contribution in [-0.4, -0.2) is 29.7 Å². The fourth-order valence-corrected chi connectivity index (χ4v) is 1.68. The number of aliphatic hydroxyl groups is 1. The van der Waals surface area contributed by atoms with Crippen LogP contribution < -0.4 is 0 Å². The zero-order valence-corrected chi connectivity index (χ0v) is 11.0. The summed E-state index contributed by atoms with van der Waals surface area (Å²) in [6.45, 7) is 9.18. The summed E-state index contributed by atoms with van der Waals surface area (Å²) in [5, 5.41) is 18.0. The lowest BCUT2D eigenvalue weighted by Gasteiger charge is -2.25. The molecule has 0 saturated carbocycles. The van der Waals surface area contributed by atoms with Crippen LogP contribution in [0.3, 0.4) is 0 Å². The van der Waals surface area contributed by atoms with Gasteiger partial charge in [-0.05, 0) is 40.2 Å². The maximum atomic E-state index is 10.1. The third kappa shape index (κ3) is 3.74. The Morgan fingerprint density at radius 3 is 2.06 bits per heavy atom. The second-order valence-corrected chi connectivity index (χ2v) is 4.44. The summed E-state index contributed by atoms with van der Waals surface area (Å²) in [5.74, 6) is 0. The van der Waals surface area contributed by atoms with E-state index in [-0.39, 0.29) is 0 Å². The highest BCUT2D eigenvalue weighted by Gasteiger charge is 2.24. The first-order valence-electron chi connectivity index (χ1n) is 5.33. The van der Waals surface area contributed by atoms with E-state index in [4.69, 9.17) is 5.41 Å². The number of aliphatic imine (C=N–C) groups is 1. The van der Waals surface area contributed by atoms with Gasteiger partial charge in [-0.3, -0.25) is 10.4 Å². The molecule has 0 rings (SSSR count). The number of rotatable bonds is 4. The quantitative estimate of drug-likeness (QED) is 0.557. The van der Waals surface area contributed by atoms with Crippen LogP contribution in [0.25, 0.3) is 0 Å². The lowest BCUT2D eigenvalue weighted by atomic mass is 9.86. The van der Waals surface area contributed by atoms with E-state index in [0.717, 1.165) is 16.7 Å². The first-order chi connectivity index (χ1) is 7.25. The zero-order valence-electron chi connectivity index (χ0n) is 11.0. The summed E-state index contributed by atoms with van der Waals surface area (Å²) < 4.78 is 0. The number of allylic oxidation sites excluding steroid dienone is 2. The van der Waals surface area contributed by atoms with Gasteiger partial charge in [0.15, 0.2) is 0 Å². The topological polar surface area (TPSA) is 56.4 Å². The Morgan fingerprint density at radius 2 is 1.81 bits per heavy atom. The van der Waals surface area contributed by atoms with E-state index in [1.54, 1.807) is 20.9 Å². The molecule has 0 aromatic heterocycles. The monoisotopic (exact) mass is 222 g/mol. The molecule has 0 unspecified atom stereocenters. The summed E-state index contributed by atoms with van der Waals surface area (Å²) >= 11 is 0. The van der Waals surface area contributed by atoms with Crippen molar-refractivity contribution in [3.8, 4) is 0 Å². The highest BCUT2D eigenvalue weighted by Crippen LogP contribution is 2.26. The normalized spacial score (nSPS) is 13.1. The highest BCUT2D eigenvalue weighted by molar-refractivity contribution is 6.38. The molecular weight excluding hydrogens is 200 g/mol. The van der Waals surface area contributed by atoms with Crippen molar-refractivity contribution in [2.24, 2.45) is 4.99 Å². The summed E-state index contributed by atoms with van der Waals surface area (Å²) in [4.78, 5) is 3.85. The van der Waals surface area contributed by atoms with E-state index >= 15 is 0 Å². The van der Waals surface area contributed by atoms with E-state index in [1.165, 1.54) is 6.21 Å². The van der Waals surface area contributed by atoms with E-state index in [9.17, 15) is 5.11 Å². The molecule has 0 amide bonds. The Balaban J connectivity index is 5.60. The number of hydrogen-bond acceptors (Lipinski definition) is 3. The van der Waals surface area contributed by atoms with Crippen molar-refractivity contribution in [2.45, 2.75) is 40.2 Å². The third-order valence-electron chi connectivity index (χ3n) is 2.24. The van der Waals surface area contributed by atoms with E-state index in [2.05, 4.69) is 4.99 Å². The molecular formula is C13H22N2O. The predicted octanol–water partition coefficient (Wildman–Crippen LogP) is 2.76. The Hall–Kier alpha value is -1.22. The minimum atomic E-state index is -0.949. The lowest BCUT2D eigenvalue weighted by Crippen LogP contribution is -2.26. The Morgan fingerprint density at radius 1 is 1.31 bits per heavy atom. The van der Waals surface area contributed by atoms with E-state index in [1.807, 2.05) is 26.8 Å². The second-order valence-electron chi connectivity index (χ2n) is 4.44. The Labute approximate surface area is 98.1 Å². The molecule has 0 bridgehead atoms. The molecule has 2 N–H and O–H groups in total. The standard InChI is InChI=1S/C13H22N2O/c1-7-10(13(4,5)16)12(9(2)3)11(14)8-15-6/h7-8,14,16H,1-6H3. The second kappa shape index (κ2) is 5.75. The van der Waals surface area contributed by atoms with Gasteiger partial charge in [-0.2, -0.15) is 0 Å². The fourth-order valence-electron chi connectivity index (χ4n) is 1.68. The molecule has 0 aliphatic heterocycles. The molecule has 16 heavy (non-hydrogen) atoms.